The third kappa shape index (κ3) is 5.87. The molecule has 2 radical (unpaired) electrons. The molecule has 0 aromatic rings. The van der Waals surface area contributed by atoms with Crippen molar-refractivity contribution in [3.63, 3.8) is 0 Å². The molecule has 0 saturated heterocycles. The van der Waals surface area contributed by atoms with Gasteiger partial charge in [0.2, 0.25) is 0 Å². The highest BCUT2D eigenvalue weighted by Gasteiger charge is 2.08. The summed E-state index contributed by atoms with van der Waals surface area (Å²) in [4.78, 5) is 0. The first-order chi connectivity index (χ1) is 3.42. The second-order valence-corrected chi connectivity index (χ2v) is 2.52. The van der Waals surface area contributed by atoms with E-state index in [1.807, 2.05) is 0 Å². The first-order valence-electron chi connectivity index (χ1n) is 1.75. The Bertz CT molecular complexity index is 145. The van der Waals surface area contributed by atoms with Crippen molar-refractivity contribution in [3.05, 3.63) is 12.7 Å². The summed E-state index contributed by atoms with van der Waals surface area (Å²) in [6, 6.07) is 0. The van der Waals surface area contributed by atoms with Crippen LogP contribution in [-0.2, 0) is 10.1 Å². The molecule has 0 aliphatic heterocycles. The van der Waals surface area contributed by atoms with Gasteiger partial charge in [-0.3, -0.25) is 4.55 Å². The summed E-state index contributed by atoms with van der Waals surface area (Å²) in [5, 5.41) is 8.18. The molecule has 0 fully saturated rings. The van der Waals surface area contributed by atoms with Crippen LogP contribution in [0.3, 0.4) is 0 Å². The van der Waals surface area contributed by atoms with Crippen LogP contribution in [0.1, 0.15) is 0 Å². The summed E-state index contributed by atoms with van der Waals surface area (Å²) >= 11 is 0. The Balaban J connectivity index is 3.75. The maximum atomic E-state index is 9.74. The molecule has 2 N–H and O–H groups in total. The average Bonchev–Trinajstić information content (AvgIpc) is 1.21. The van der Waals surface area contributed by atoms with Crippen LogP contribution >= 0.6 is 0 Å². The topological polar surface area (TPSA) is 74.6 Å². The Kier molecular flexibility index (Phi) is 2.39. The van der Waals surface area contributed by atoms with E-state index in [1.54, 1.807) is 0 Å². The third-order valence-corrected chi connectivity index (χ3v) is 0.987. The fourth-order valence-electron chi connectivity index (χ4n) is 0.199. The number of aliphatic hydroxyl groups is 1. The molecule has 0 aliphatic carbocycles. The fraction of sp³-hybridized carbons (Fsp3) is 0.333. The van der Waals surface area contributed by atoms with Crippen LogP contribution in [0, 0.1) is 12.7 Å². The summed E-state index contributed by atoms with van der Waals surface area (Å²) in [7, 11) is -4.16. The molecule has 0 spiro atoms. The molecule has 1 atom stereocenters. The van der Waals surface area contributed by atoms with Crippen molar-refractivity contribution < 1.29 is 18.1 Å². The van der Waals surface area contributed by atoms with Crippen molar-refractivity contribution in [2.75, 3.05) is 0 Å². The highest BCUT2D eigenvalue weighted by molar-refractivity contribution is 7.87. The van der Waals surface area contributed by atoms with E-state index in [0.717, 1.165) is 0 Å². The van der Waals surface area contributed by atoms with Gasteiger partial charge in [0.05, 0.1) is 6.10 Å². The van der Waals surface area contributed by atoms with Gasteiger partial charge >= 0.3 is 0 Å². The number of hydrogen-bond donors (Lipinski definition) is 2. The summed E-state index contributed by atoms with van der Waals surface area (Å²) in [6.07, 6.45) is -1.37. The van der Waals surface area contributed by atoms with E-state index in [0.29, 0.717) is 5.75 Å². The van der Waals surface area contributed by atoms with Crippen LogP contribution in [0.15, 0.2) is 0 Å². The van der Waals surface area contributed by atoms with Gasteiger partial charge in [-0.15, -0.1) is 0 Å². The monoisotopic (exact) mass is 138 g/mol. The molecule has 0 bridgehead atoms. The SMILES string of the molecule is [CH2]C(O)[CH]S(=O)(=O)O. The van der Waals surface area contributed by atoms with Crippen molar-refractivity contribution in [1.82, 2.24) is 0 Å². The van der Waals surface area contributed by atoms with Crippen molar-refractivity contribution in [1.29, 1.82) is 0 Å². The first kappa shape index (κ1) is 7.87. The lowest BCUT2D eigenvalue weighted by atomic mass is 10.5. The Hall–Kier alpha value is -0.130. The molecule has 0 amide bonds. The van der Waals surface area contributed by atoms with Crippen LogP contribution in [0.5, 0.6) is 0 Å². The summed E-state index contributed by atoms with van der Waals surface area (Å²) in [6.45, 7) is 2.88. The van der Waals surface area contributed by atoms with Gasteiger partial charge in [0.15, 0.2) is 0 Å². The van der Waals surface area contributed by atoms with Crippen LogP contribution < -0.4 is 0 Å². The summed E-state index contributed by atoms with van der Waals surface area (Å²) in [5.41, 5.74) is 0. The molecule has 1 unspecified atom stereocenters. The van der Waals surface area contributed by atoms with Gasteiger partial charge in [-0.2, -0.15) is 8.42 Å². The Morgan fingerprint density at radius 1 is 1.62 bits per heavy atom. The largest absolute Gasteiger partial charge is 0.392 e. The van der Waals surface area contributed by atoms with Gasteiger partial charge in [-0.05, 0) is 6.92 Å². The zero-order valence-corrected chi connectivity index (χ0v) is 4.80. The molecular weight excluding hydrogens is 132 g/mol. The van der Waals surface area contributed by atoms with Crippen molar-refractivity contribution in [3.8, 4) is 0 Å². The summed E-state index contributed by atoms with van der Waals surface area (Å²) < 4.78 is 27.4. The van der Waals surface area contributed by atoms with E-state index in [4.69, 9.17) is 9.66 Å². The molecule has 0 aromatic carbocycles. The van der Waals surface area contributed by atoms with Crippen LogP contribution in [-0.4, -0.2) is 24.2 Å². The van der Waals surface area contributed by atoms with E-state index in [2.05, 4.69) is 6.92 Å². The zero-order valence-electron chi connectivity index (χ0n) is 3.98. The van der Waals surface area contributed by atoms with Crippen molar-refractivity contribution in [2.45, 2.75) is 6.10 Å². The van der Waals surface area contributed by atoms with Crippen LogP contribution in [0.2, 0.25) is 0 Å². The van der Waals surface area contributed by atoms with Crippen LogP contribution in [0.25, 0.3) is 0 Å². The minimum atomic E-state index is -4.16. The molecule has 5 heteroatoms. The maximum Gasteiger partial charge on any atom is 0.271 e. The van der Waals surface area contributed by atoms with E-state index in [9.17, 15) is 8.42 Å². The van der Waals surface area contributed by atoms with Crippen LogP contribution in [0.4, 0.5) is 0 Å². The highest BCUT2D eigenvalue weighted by Crippen LogP contribution is 1.93. The van der Waals surface area contributed by atoms with Crippen molar-refractivity contribution >= 4 is 10.1 Å². The zero-order chi connectivity index (χ0) is 6.78. The highest BCUT2D eigenvalue weighted by atomic mass is 32.2. The second-order valence-electron chi connectivity index (χ2n) is 1.22. The molecule has 0 rings (SSSR count). The van der Waals surface area contributed by atoms with E-state index in [1.165, 1.54) is 0 Å². The normalized spacial score (nSPS) is 15.9. The first-order valence-corrected chi connectivity index (χ1v) is 3.25. The van der Waals surface area contributed by atoms with Gasteiger partial charge < -0.3 is 5.11 Å². The lowest BCUT2D eigenvalue weighted by Crippen LogP contribution is -2.09. The number of hydrogen-bond acceptors (Lipinski definition) is 3. The average molecular weight is 138 g/mol. The van der Waals surface area contributed by atoms with E-state index < -0.39 is 16.2 Å². The fourth-order valence-corrected chi connectivity index (χ4v) is 0.596. The summed E-state index contributed by atoms with van der Waals surface area (Å²) in [5.74, 6) is 0.326. The van der Waals surface area contributed by atoms with Gasteiger partial charge in [0.25, 0.3) is 10.1 Å². The minimum absolute atomic E-state index is 0.326. The standard InChI is InChI=1S/C3H6O4S/c1-3(4)2-8(5,6)7/h2-4H,1H2,(H,5,6,7). The Morgan fingerprint density at radius 3 is 2.00 bits per heavy atom. The quantitative estimate of drug-likeness (QED) is 0.491. The molecule has 0 aromatic heterocycles. The van der Waals surface area contributed by atoms with Gasteiger partial charge in [-0.25, -0.2) is 0 Å². The maximum absolute atomic E-state index is 9.74. The lowest BCUT2D eigenvalue weighted by Gasteiger charge is -1.95. The third-order valence-electron chi connectivity index (χ3n) is 0.329. The Labute approximate surface area is 47.9 Å². The predicted octanol–water partition coefficient (Wildman–Crippen LogP) is -0.769. The molecule has 0 aliphatic rings. The van der Waals surface area contributed by atoms with Gasteiger partial charge in [0, 0.05) is 0 Å². The molecule has 48 valence electrons. The predicted molar refractivity (Wildman–Crippen MR) is 27.2 cm³/mol. The number of rotatable bonds is 2. The number of aliphatic hydroxyl groups excluding tert-OH is 1. The molecule has 4 nitrogen and oxygen atoms in total. The van der Waals surface area contributed by atoms with Gasteiger partial charge in [-0.1, -0.05) is 0 Å². The molecule has 8 heavy (non-hydrogen) atoms. The molecule has 0 heterocycles. The van der Waals surface area contributed by atoms with Gasteiger partial charge in [0.1, 0.15) is 5.75 Å². The van der Waals surface area contributed by atoms with E-state index >= 15 is 0 Å². The smallest absolute Gasteiger partial charge is 0.271 e. The van der Waals surface area contributed by atoms with E-state index in [-0.39, 0.29) is 0 Å². The molecular formula is C3H6O4S. The lowest BCUT2D eigenvalue weighted by molar-refractivity contribution is 0.259. The minimum Gasteiger partial charge on any atom is -0.392 e. The molecule has 0 saturated carbocycles. The van der Waals surface area contributed by atoms with Crippen molar-refractivity contribution in [2.24, 2.45) is 0 Å². The Morgan fingerprint density at radius 2 is 2.00 bits per heavy atom. The second kappa shape index (κ2) is 2.43.